The molecule has 0 spiro atoms. The van der Waals surface area contributed by atoms with Crippen LogP contribution < -0.4 is 0 Å². The molecule has 3 aliphatic rings. The first-order valence-electron chi connectivity index (χ1n) is 11.2. The maximum Gasteiger partial charge on any atom is 0.226 e. The van der Waals surface area contributed by atoms with E-state index in [4.69, 9.17) is 4.74 Å². The van der Waals surface area contributed by atoms with Gasteiger partial charge in [0.15, 0.2) is 0 Å². The molecule has 2 aliphatic heterocycles. The van der Waals surface area contributed by atoms with Crippen molar-refractivity contribution in [3.05, 3.63) is 18.0 Å². The number of rotatable bonds is 4. The molecule has 1 aliphatic carbocycles. The highest BCUT2D eigenvalue weighted by Crippen LogP contribution is 2.35. The molecule has 6 nitrogen and oxygen atoms in total. The first-order valence-corrected chi connectivity index (χ1v) is 11.2. The minimum Gasteiger partial charge on any atom is -0.373 e. The van der Waals surface area contributed by atoms with Gasteiger partial charge in [-0.15, -0.1) is 0 Å². The van der Waals surface area contributed by atoms with Crippen LogP contribution in [0.25, 0.3) is 0 Å². The summed E-state index contributed by atoms with van der Waals surface area (Å²) in [5.74, 6) is 1.28. The van der Waals surface area contributed by atoms with Crippen LogP contribution in [0.3, 0.4) is 0 Å². The average molecular weight is 389 g/mol. The minimum absolute atomic E-state index is 0.0174. The summed E-state index contributed by atoms with van der Waals surface area (Å²) < 4.78 is 8.11. The number of aryl methyl sites for hydroxylation is 1. The Morgan fingerprint density at radius 2 is 1.89 bits per heavy atom. The second-order valence-electron chi connectivity index (χ2n) is 9.15. The van der Waals surface area contributed by atoms with Gasteiger partial charge < -0.3 is 14.5 Å². The zero-order valence-corrected chi connectivity index (χ0v) is 17.6. The number of carbonyl (C=O) groups is 1. The van der Waals surface area contributed by atoms with Gasteiger partial charge in [-0.1, -0.05) is 13.3 Å². The fraction of sp³-hybridized carbons (Fsp3) is 0.818. The highest BCUT2D eigenvalue weighted by atomic mass is 16.5. The Morgan fingerprint density at radius 3 is 2.57 bits per heavy atom. The summed E-state index contributed by atoms with van der Waals surface area (Å²) in [5, 5.41) is 4.40. The summed E-state index contributed by atoms with van der Waals surface area (Å²) in [7, 11) is 1.95. The zero-order valence-electron chi connectivity index (χ0n) is 17.6. The third-order valence-electron chi connectivity index (χ3n) is 6.95. The smallest absolute Gasteiger partial charge is 0.226 e. The second kappa shape index (κ2) is 8.95. The average Bonchev–Trinajstić information content (AvgIpc) is 3.14. The van der Waals surface area contributed by atoms with Crippen molar-refractivity contribution in [1.29, 1.82) is 0 Å². The van der Waals surface area contributed by atoms with Crippen LogP contribution in [-0.4, -0.2) is 64.4 Å². The molecule has 6 heteroatoms. The number of likely N-dealkylation sites (tertiary alicyclic amines) is 1. The van der Waals surface area contributed by atoms with E-state index in [-0.39, 0.29) is 18.1 Å². The third kappa shape index (κ3) is 4.43. The lowest BCUT2D eigenvalue weighted by atomic mass is 9.82. The molecule has 0 unspecified atom stereocenters. The highest BCUT2D eigenvalue weighted by molar-refractivity contribution is 5.79. The lowest BCUT2D eigenvalue weighted by Gasteiger charge is -2.44. The van der Waals surface area contributed by atoms with E-state index in [0.29, 0.717) is 19.1 Å². The van der Waals surface area contributed by atoms with Crippen molar-refractivity contribution in [1.82, 2.24) is 19.6 Å². The van der Waals surface area contributed by atoms with Crippen LogP contribution >= 0.6 is 0 Å². The van der Waals surface area contributed by atoms with E-state index >= 15 is 0 Å². The van der Waals surface area contributed by atoms with Crippen molar-refractivity contribution >= 4 is 5.91 Å². The van der Waals surface area contributed by atoms with Crippen LogP contribution in [0.4, 0.5) is 0 Å². The lowest BCUT2D eigenvalue weighted by molar-refractivity contribution is -0.154. The van der Waals surface area contributed by atoms with Crippen molar-refractivity contribution in [2.45, 2.75) is 64.0 Å². The molecule has 3 fully saturated rings. The summed E-state index contributed by atoms with van der Waals surface area (Å²) in [5.41, 5.74) is 1.11. The van der Waals surface area contributed by atoms with Crippen molar-refractivity contribution in [2.75, 3.05) is 32.8 Å². The number of amides is 1. The minimum atomic E-state index is -0.0174. The standard InChI is InChI=1S/C22H36N4O2/c1-17-6-8-18(9-7-17)22(27)26-12-13-28-20(16-25-10-4-3-5-11-25)21(26)19-14-23-24(2)15-19/h14-15,17-18,20-21H,3-13,16H2,1-2H3/t17?,18?,20-,21-/m0/s1. The first-order chi connectivity index (χ1) is 13.6. The number of morpholine rings is 1. The van der Waals surface area contributed by atoms with Crippen LogP contribution in [0.1, 0.15) is 63.5 Å². The molecule has 2 atom stereocenters. The Labute approximate surface area is 169 Å². The van der Waals surface area contributed by atoms with Gasteiger partial charge in [0.1, 0.15) is 0 Å². The highest BCUT2D eigenvalue weighted by Gasteiger charge is 2.40. The quantitative estimate of drug-likeness (QED) is 0.796. The van der Waals surface area contributed by atoms with Crippen LogP contribution in [0, 0.1) is 11.8 Å². The molecule has 156 valence electrons. The van der Waals surface area contributed by atoms with E-state index in [0.717, 1.165) is 44.0 Å². The molecule has 4 rings (SSSR count). The van der Waals surface area contributed by atoms with E-state index in [1.165, 1.54) is 32.1 Å². The number of piperidine rings is 1. The molecule has 1 aromatic rings. The largest absolute Gasteiger partial charge is 0.373 e. The first kappa shape index (κ1) is 19.9. The molecule has 0 N–H and O–H groups in total. The van der Waals surface area contributed by atoms with Crippen LogP contribution in [0.2, 0.25) is 0 Å². The maximum absolute atomic E-state index is 13.5. The molecule has 1 aromatic heterocycles. The molecule has 28 heavy (non-hydrogen) atoms. The Kier molecular flexibility index (Phi) is 6.36. The molecular weight excluding hydrogens is 352 g/mol. The maximum atomic E-state index is 13.5. The van der Waals surface area contributed by atoms with Crippen LogP contribution in [-0.2, 0) is 16.6 Å². The van der Waals surface area contributed by atoms with Gasteiger partial charge in [0.25, 0.3) is 0 Å². The van der Waals surface area contributed by atoms with Crippen molar-refractivity contribution < 1.29 is 9.53 Å². The number of ether oxygens (including phenoxy) is 1. The van der Waals surface area contributed by atoms with E-state index in [1.807, 2.05) is 17.9 Å². The molecule has 3 heterocycles. The number of carbonyl (C=O) groups excluding carboxylic acids is 1. The Hall–Kier alpha value is -1.40. The molecule has 1 saturated carbocycles. The van der Waals surface area contributed by atoms with E-state index in [1.54, 1.807) is 0 Å². The summed E-state index contributed by atoms with van der Waals surface area (Å²) in [6.07, 6.45) is 12.3. The fourth-order valence-electron chi connectivity index (χ4n) is 5.26. The number of nitrogens with zero attached hydrogens (tertiary/aromatic N) is 4. The summed E-state index contributed by atoms with van der Waals surface area (Å²) in [6.45, 7) is 6.85. The number of hydrogen-bond donors (Lipinski definition) is 0. The summed E-state index contributed by atoms with van der Waals surface area (Å²) >= 11 is 0. The molecular formula is C22H36N4O2. The van der Waals surface area contributed by atoms with Gasteiger partial charge in [-0.05, 0) is 57.5 Å². The predicted octanol–water partition coefficient (Wildman–Crippen LogP) is 3.00. The lowest BCUT2D eigenvalue weighted by Crippen LogP contribution is -2.53. The van der Waals surface area contributed by atoms with E-state index in [2.05, 4.69) is 28.0 Å². The van der Waals surface area contributed by atoms with Crippen molar-refractivity contribution in [2.24, 2.45) is 18.9 Å². The monoisotopic (exact) mass is 388 g/mol. The van der Waals surface area contributed by atoms with E-state index < -0.39 is 0 Å². The Bertz CT molecular complexity index is 647. The molecule has 0 radical (unpaired) electrons. The topological polar surface area (TPSA) is 50.6 Å². The molecule has 1 amide bonds. The van der Waals surface area contributed by atoms with Gasteiger partial charge in [0, 0.05) is 37.8 Å². The van der Waals surface area contributed by atoms with Gasteiger partial charge in [-0.25, -0.2) is 0 Å². The number of hydrogen-bond acceptors (Lipinski definition) is 4. The summed E-state index contributed by atoms with van der Waals surface area (Å²) in [4.78, 5) is 18.2. The molecule has 2 saturated heterocycles. The van der Waals surface area contributed by atoms with E-state index in [9.17, 15) is 4.79 Å². The predicted molar refractivity (Wildman–Crippen MR) is 109 cm³/mol. The Morgan fingerprint density at radius 1 is 1.14 bits per heavy atom. The fourth-order valence-corrected chi connectivity index (χ4v) is 5.26. The molecule has 0 aromatic carbocycles. The normalized spacial score (nSPS) is 32.4. The van der Waals surface area contributed by atoms with Crippen LogP contribution in [0.5, 0.6) is 0 Å². The van der Waals surface area contributed by atoms with Gasteiger partial charge in [-0.2, -0.15) is 5.10 Å². The number of aromatic nitrogens is 2. The zero-order chi connectivity index (χ0) is 19.5. The van der Waals surface area contributed by atoms with Crippen molar-refractivity contribution in [3.63, 3.8) is 0 Å². The second-order valence-corrected chi connectivity index (χ2v) is 9.15. The van der Waals surface area contributed by atoms with Crippen LogP contribution in [0.15, 0.2) is 12.4 Å². The molecule has 0 bridgehead atoms. The summed E-state index contributed by atoms with van der Waals surface area (Å²) in [6, 6.07) is -0.0174. The Balaban J connectivity index is 1.53. The van der Waals surface area contributed by atoms with Crippen molar-refractivity contribution in [3.8, 4) is 0 Å². The van der Waals surface area contributed by atoms with Gasteiger partial charge in [-0.3, -0.25) is 9.48 Å². The SMILES string of the molecule is CC1CCC(C(=O)N2CCO[C@@H](CN3CCCCC3)[C@@H]2c2cnn(C)c2)CC1. The van der Waals surface area contributed by atoms with Gasteiger partial charge in [0.2, 0.25) is 5.91 Å². The van der Waals surface area contributed by atoms with Gasteiger partial charge >= 0.3 is 0 Å². The van der Waals surface area contributed by atoms with Gasteiger partial charge in [0.05, 0.1) is 24.9 Å². The third-order valence-corrected chi connectivity index (χ3v) is 6.95.